The van der Waals surface area contributed by atoms with Crippen LogP contribution in [-0.4, -0.2) is 26.8 Å². The maximum absolute atomic E-state index is 13.4. The molecule has 3 aromatic rings. The molecule has 5 nitrogen and oxygen atoms in total. The smallest absolute Gasteiger partial charge is 0.420 e. The van der Waals surface area contributed by atoms with E-state index in [0.29, 0.717) is 17.2 Å². The molecule has 0 bridgehead atoms. The van der Waals surface area contributed by atoms with Gasteiger partial charge in [0.05, 0.1) is 19.0 Å². The van der Waals surface area contributed by atoms with Gasteiger partial charge in [-0.15, -0.1) is 0 Å². The molecule has 0 atom stereocenters. The van der Waals surface area contributed by atoms with Crippen molar-refractivity contribution in [3.63, 3.8) is 0 Å². The van der Waals surface area contributed by atoms with Gasteiger partial charge < -0.3 is 4.74 Å². The van der Waals surface area contributed by atoms with Gasteiger partial charge in [0, 0.05) is 6.20 Å². The Morgan fingerprint density at radius 2 is 2.14 bits per heavy atom. The van der Waals surface area contributed by atoms with Gasteiger partial charge in [0.15, 0.2) is 0 Å². The Hall–Kier alpha value is -2.42. The molecule has 3 rings (SSSR count). The zero-order chi connectivity index (χ0) is 15.9. The molecule has 0 radical (unpaired) electrons. The molecule has 0 saturated heterocycles. The lowest BCUT2D eigenvalue weighted by Crippen LogP contribution is -2.12. The molecule has 0 N–H and O–H groups in total. The quantitative estimate of drug-likeness (QED) is 0.678. The van der Waals surface area contributed by atoms with Crippen molar-refractivity contribution in [2.45, 2.75) is 6.18 Å². The first kappa shape index (κ1) is 14.5. The summed E-state index contributed by atoms with van der Waals surface area (Å²) in [7, 11) is 1.02. The van der Waals surface area contributed by atoms with Crippen molar-refractivity contribution >= 4 is 23.1 Å². The highest BCUT2D eigenvalue weighted by Crippen LogP contribution is 2.41. The number of hydrogen-bond donors (Lipinski definition) is 0. The SMILES string of the molecule is COC(=O)c1snc(-c2cnc3ccccn23)c1C(F)(F)F. The van der Waals surface area contributed by atoms with Crippen LogP contribution in [0.25, 0.3) is 17.0 Å². The third kappa shape index (κ3) is 2.23. The minimum absolute atomic E-state index is 0.161. The molecule has 9 heteroatoms. The second-order valence-corrected chi connectivity index (χ2v) is 5.07. The van der Waals surface area contributed by atoms with E-state index in [1.807, 2.05) is 0 Å². The molecular weight excluding hydrogens is 319 g/mol. The van der Waals surface area contributed by atoms with Crippen molar-refractivity contribution in [3.05, 3.63) is 41.0 Å². The van der Waals surface area contributed by atoms with Gasteiger partial charge >= 0.3 is 12.1 Å². The molecule has 0 fully saturated rings. The van der Waals surface area contributed by atoms with Crippen LogP contribution in [0.1, 0.15) is 15.2 Å². The van der Waals surface area contributed by atoms with E-state index in [2.05, 4.69) is 14.1 Å². The second-order valence-electron chi connectivity index (χ2n) is 4.30. The van der Waals surface area contributed by atoms with Crippen LogP contribution in [0.15, 0.2) is 30.6 Å². The lowest BCUT2D eigenvalue weighted by molar-refractivity contribution is -0.137. The third-order valence-corrected chi connectivity index (χ3v) is 3.83. The van der Waals surface area contributed by atoms with E-state index < -0.39 is 22.6 Å². The Morgan fingerprint density at radius 3 is 2.82 bits per heavy atom. The zero-order valence-corrected chi connectivity index (χ0v) is 11.9. The maximum Gasteiger partial charge on any atom is 0.420 e. The summed E-state index contributed by atoms with van der Waals surface area (Å²) >= 11 is 0.457. The predicted octanol–water partition coefficient (Wildman–Crippen LogP) is 3.26. The first-order valence-electron chi connectivity index (χ1n) is 6.01. The van der Waals surface area contributed by atoms with Crippen molar-refractivity contribution in [1.29, 1.82) is 0 Å². The molecule has 22 heavy (non-hydrogen) atoms. The van der Waals surface area contributed by atoms with Crippen LogP contribution in [0, 0.1) is 0 Å². The van der Waals surface area contributed by atoms with Gasteiger partial charge in [-0.3, -0.25) is 4.40 Å². The highest BCUT2D eigenvalue weighted by atomic mass is 32.1. The van der Waals surface area contributed by atoms with E-state index in [-0.39, 0.29) is 11.4 Å². The Balaban J connectivity index is 2.28. The fourth-order valence-electron chi connectivity index (χ4n) is 2.07. The summed E-state index contributed by atoms with van der Waals surface area (Å²) in [6.45, 7) is 0. The molecule has 0 unspecified atom stereocenters. The minimum Gasteiger partial charge on any atom is -0.465 e. The molecule has 0 amide bonds. The molecule has 3 aromatic heterocycles. The summed E-state index contributed by atoms with van der Waals surface area (Å²) < 4.78 is 49.8. The number of carbonyl (C=O) groups is 1. The number of imidazole rings is 1. The number of aromatic nitrogens is 3. The van der Waals surface area contributed by atoms with Crippen LogP contribution in [0.2, 0.25) is 0 Å². The lowest BCUT2D eigenvalue weighted by atomic mass is 10.1. The van der Waals surface area contributed by atoms with Crippen LogP contribution >= 0.6 is 11.5 Å². The summed E-state index contributed by atoms with van der Waals surface area (Å²) in [6, 6.07) is 5.04. The van der Waals surface area contributed by atoms with Crippen molar-refractivity contribution in [1.82, 2.24) is 13.8 Å². The Kier molecular flexibility index (Phi) is 3.36. The largest absolute Gasteiger partial charge is 0.465 e. The lowest BCUT2D eigenvalue weighted by Gasteiger charge is -2.08. The fraction of sp³-hybridized carbons (Fsp3) is 0.154. The van der Waals surface area contributed by atoms with E-state index in [0.717, 1.165) is 7.11 Å². The Bertz CT molecular complexity index is 854. The van der Waals surface area contributed by atoms with E-state index in [9.17, 15) is 18.0 Å². The molecule has 0 aliphatic carbocycles. The summed E-state index contributed by atoms with van der Waals surface area (Å²) in [5, 5.41) is 0. The zero-order valence-electron chi connectivity index (χ0n) is 11.1. The number of rotatable bonds is 2. The van der Waals surface area contributed by atoms with Crippen molar-refractivity contribution in [3.8, 4) is 11.4 Å². The van der Waals surface area contributed by atoms with E-state index >= 15 is 0 Å². The van der Waals surface area contributed by atoms with Gasteiger partial charge in [-0.05, 0) is 23.7 Å². The average Bonchev–Trinajstić information content (AvgIpc) is 3.09. The highest BCUT2D eigenvalue weighted by molar-refractivity contribution is 7.08. The van der Waals surface area contributed by atoms with Gasteiger partial charge in [0.2, 0.25) is 0 Å². The Morgan fingerprint density at radius 1 is 1.36 bits per heavy atom. The monoisotopic (exact) mass is 327 g/mol. The van der Waals surface area contributed by atoms with Crippen molar-refractivity contribution < 1.29 is 22.7 Å². The van der Waals surface area contributed by atoms with Gasteiger partial charge in [0.1, 0.15) is 21.8 Å². The normalized spacial score (nSPS) is 11.8. The standard InChI is InChI=1S/C13H8F3N3O2S/c1-21-12(20)11-9(13(14,15)16)10(18-22-11)7-6-17-8-4-2-3-5-19(7)8/h2-6H,1H3. The van der Waals surface area contributed by atoms with Crippen molar-refractivity contribution in [2.24, 2.45) is 0 Å². The number of nitrogens with zero attached hydrogens (tertiary/aromatic N) is 3. The van der Waals surface area contributed by atoms with Crippen LogP contribution in [0.5, 0.6) is 0 Å². The molecule has 0 aliphatic heterocycles. The van der Waals surface area contributed by atoms with Crippen LogP contribution in [0.4, 0.5) is 13.2 Å². The minimum atomic E-state index is -4.73. The van der Waals surface area contributed by atoms with Crippen LogP contribution in [-0.2, 0) is 10.9 Å². The molecule has 114 valence electrons. The summed E-state index contributed by atoms with van der Waals surface area (Å²) in [5.41, 5.74) is -0.792. The molecular formula is C13H8F3N3O2S. The second kappa shape index (κ2) is 5.09. The first-order chi connectivity index (χ1) is 10.4. The number of esters is 1. The molecule has 0 spiro atoms. The number of halogens is 3. The highest BCUT2D eigenvalue weighted by Gasteiger charge is 2.42. The average molecular weight is 327 g/mol. The van der Waals surface area contributed by atoms with Gasteiger partial charge in [-0.25, -0.2) is 9.78 Å². The molecule has 0 aromatic carbocycles. The van der Waals surface area contributed by atoms with Gasteiger partial charge in [0.25, 0.3) is 0 Å². The maximum atomic E-state index is 13.4. The molecule has 0 saturated carbocycles. The summed E-state index contributed by atoms with van der Waals surface area (Å²) in [5.74, 6) is -1.06. The van der Waals surface area contributed by atoms with Crippen LogP contribution in [0.3, 0.4) is 0 Å². The van der Waals surface area contributed by atoms with Gasteiger partial charge in [-0.2, -0.15) is 17.5 Å². The fourth-order valence-corrected chi connectivity index (χ4v) is 2.90. The predicted molar refractivity (Wildman–Crippen MR) is 72.6 cm³/mol. The number of fused-ring (bicyclic) bond motifs is 1. The summed E-state index contributed by atoms with van der Waals surface area (Å²) in [6.07, 6.45) is -1.86. The van der Waals surface area contributed by atoms with Gasteiger partial charge in [-0.1, -0.05) is 6.07 Å². The number of pyridine rings is 1. The van der Waals surface area contributed by atoms with E-state index in [4.69, 9.17) is 0 Å². The first-order valence-corrected chi connectivity index (χ1v) is 6.78. The number of ether oxygens (including phenoxy) is 1. The Labute approximate surface area is 126 Å². The van der Waals surface area contributed by atoms with Crippen molar-refractivity contribution in [2.75, 3.05) is 7.11 Å². The number of alkyl halides is 3. The molecule has 0 aliphatic rings. The van der Waals surface area contributed by atoms with E-state index in [1.165, 1.54) is 10.6 Å². The number of carbonyl (C=O) groups excluding carboxylic acids is 1. The van der Waals surface area contributed by atoms with Crippen LogP contribution < -0.4 is 0 Å². The molecule has 3 heterocycles. The topological polar surface area (TPSA) is 56.5 Å². The van der Waals surface area contributed by atoms with E-state index in [1.54, 1.807) is 24.4 Å². The summed E-state index contributed by atoms with van der Waals surface area (Å²) in [4.78, 5) is 15.0. The third-order valence-electron chi connectivity index (χ3n) is 3.01. The number of methoxy groups -OCH3 is 1. The number of hydrogen-bond acceptors (Lipinski definition) is 5.